The molecule has 0 aliphatic carbocycles. The summed E-state index contributed by atoms with van der Waals surface area (Å²) in [7, 11) is 0. The molecule has 1 N–H and O–H groups in total. The highest BCUT2D eigenvalue weighted by atomic mass is 16.5. The lowest BCUT2D eigenvalue weighted by atomic mass is 10.0. The van der Waals surface area contributed by atoms with Crippen LogP contribution in [0.4, 0.5) is 0 Å². The number of hydrogen-bond acceptors (Lipinski definition) is 6. The average Bonchev–Trinajstić information content (AvgIpc) is 2.82. The Morgan fingerprint density at radius 1 is 1.39 bits per heavy atom. The van der Waals surface area contributed by atoms with Gasteiger partial charge in [0, 0.05) is 6.20 Å². The van der Waals surface area contributed by atoms with Gasteiger partial charge in [0.25, 0.3) is 5.91 Å². The van der Waals surface area contributed by atoms with Crippen LogP contribution in [0.25, 0.3) is 0 Å². The molecule has 7 heteroatoms. The van der Waals surface area contributed by atoms with Crippen molar-refractivity contribution in [2.24, 2.45) is 0 Å². The van der Waals surface area contributed by atoms with E-state index in [9.17, 15) is 4.79 Å². The molecule has 2 aromatic heterocycles. The van der Waals surface area contributed by atoms with E-state index in [1.165, 1.54) is 18.9 Å². The normalized spacial score (nSPS) is 11.3. The van der Waals surface area contributed by atoms with E-state index in [1.807, 2.05) is 0 Å². The van der Waals surface area contributed by atoms with E-state index in [1.54, 1.807) is 20.8 Å². The van der Waals surface area contributed by atoms with Crippen molar-refractivity contribution in [1.82, 2.24) is 25.4 Å². The molecule has 0 spiro atoms. The molecule has 0 atom stereocenters. The number of carbonyl (C=O) groups is 1. The second kappa shape index (κ2) is 4.52. The predicted molar refractivity (Wildman–Crippen MR) is 61.6 cm³/mol. The Bertz CT molecular complexity index is 550. The van der Waals surface area contributed by atoms with E-state index in [0.29, 0.717) is 17.1 Å². The zero-order valence-electron chi connectivity index (χ0n) is 10.3. The van der Waals surface area contributed by atoms with Gasteiger partial charge in [0.05, 0.1) is 16.8 Å². The van der Waals surface area contributed by atoms with Gasteiger partial charge in [-0.25, -0.2) is 9.97 Å². The van der Waals surface area contributed by atoms with Crippen LogP contribution < -0.4 is 5.32 Å². The Balaban J connectivity index is 2.20. The summed E-state index contributed by atoms with van der Waals surface area (Å²) in [4.78, 5) is 23.8. The molecule has 0 bridgehead atoms. The fourth-order valence-electron chi connectivity index (χ4n) is 1.47. The molecule has 1 amide bonds. The minimum atomic E-state index is -0.730. The number of nitrogens with zero attached hydrogens (tertiary/aromatic N) is 4. The second-order valence-electron chi connectivity index (χ2n) is 4.36. The van der Waals surface area contributed by atoms with E-state index >= 15 is 0 Å². The molecule has 0 aliphatic heterocycles. The van der Waals surface area contributed by atoms with E-state index in [4.69, 9.17) is 0 Å². The monoisotopic (exact) mass is 247 g/mol. The minimum Gasteiger partial charge on any atom is -0.343 e. The lowest BCUT2D eigenvalue weighted by molar-refractivity contribution is 0.0906. The molecule has 0 unspecified atom stereocenters. The van der Waals surface area contributed by atoms with Crippen molar-refractivity contribution < 1.29 is 9.32 Å². The van der Waals surface area contributed by atoms with Crippen LogP contribution in [0.15, 0.2) is 23.4 Å². The first-order valence-corrected chi connectivity index (χ1v) is 5.36. The second-order valence-corrected chi connectivity index (χ2v) is 4.36. The summed E-state index contributed by atoms with van der Waals surface area (Å²) in [5, 5.41) is 6.54. The van der Waals surface area contributed by atoms with Crippen LogP contribution in [-0.4, -0.2) is 26.0 Å². The lowest BCUT2D eigenvalue weighted by Gasteiger charge is -2.22. The highest BCUT2D eigenvalue weighted by molar-refractivity contribution is 5.95. The van der Waals surface area contributed by atoms with Crippen molar-refractivity contribution in [1.29, 1.82) is 0 Å². The van der Waals surface area contributed by atoms with E-state index in [0.717, 1.165) is 0 Å². The molecule has 0 radical (unpaired) electrons. The zero-order valence-corrected chi connectivity index (χ0v) is 10.3. The van der Waals surface area contributed by atoms with Gasteiger partial charge in [0.15, 0.2) is 5.82 Å². The third-order valence-corrected chi connectivity index (χ3v) is 2.50. The maximum absolute atomic E-state index is 12.1. The third kappa shape index (κ3) is 2.34. The Hall–Kier alpha value is -2.31. The van der Waals surface area contributed by atoms with Gasteiger partial charge >= 0.3 is 0 Å². The summed E-state index contributed by atoms with van der Waals surface area (Å²) in [6, 6.07) is 0. The predicted octanol–water partition coefficient (Wildman–Crippen LogP) is 0.833. The van der Waals surface area contributed by atoms with Crippen molar-refractivity contribution in [3.05, 3.63) is 36.0 Å². The van der Waals surface area contributed by atoms with Crippen LogP contribution in [0.1, 0.15) is 35.7 Å². The van der Waals surface area contributed by atoms with Gasteiger partial charge in [0.2, 0.25) is 6.39 Å². The highest BCUT2D eigenvalue weighted by Gasteiger charge is 2.28. The number of aromatic nitrogens is 4. The number of carbonyl (C=O) groups excluding carboxylic acids is 1. The third-order valence-electron chi connectivity index (χ3n) is 2.50. The summed E-state index contributed by atoms with van der Waals surface area (Å²) < 4.78 is 4.67. The SMILES string of the molecule is Cc1ncncc1C(=O)NC(C)(C)c1ncon1. The van der Waals surface area contributed by atoms with Gasteiger partial charge in [-0.2, -0.15) is 4.98 Å². The summed E-state index contributed by atoms with van der Waals surface area (Å²) in [5.74, 6) is 0.133. The smallest absolute Gasteiger partial charge is 0.255 e. The topological polar surface area (TPSA) is 93.8 Å². The van der Waals surface area contributed by atoms with Gasteiger partial charge in [-0.3, -0.25) is 4.79 Å². The summed E-state index contributed by atoms with van der Waals surface area (Å²) >= 11 is 0. The first-order chi connectivity index (χ1) is 8.50. The Morgan fingerprint density at radius 2 is 2.17 bits per heavy atom. The molecule has 7 nitrogen and oxygen atoms in total. The number of nitrogens with one attached hydrogen (secondary N) is 1. The van der Waals surface area contributed by atoms with Crippen LogP contribution >= 0.6 is 0 Å². The van der Waals surface area contributed by atoms with Crippen molar-refractivity contribution in [3.63, 3.8) is 0 Å². The minimum absolute atomic E-state index is 0.275. The first kappa shape index (κ1) is 12.2. The van der Waals surface area contributed by atoms with Crippen LogP contribution in [0.2, 0.25) is 0 Å². The van der Waals surface area contributed by atoms with Gasteiger partial charge in [-0.15, -0.1) is 0 Å². The molecule has 18 heavy (non-hydrogen) atoms. The maximum atomic E-state index is 12.1. The number of amides is 1. The van der Waals surface area contributed by atoms with Crippen molar-refractivity contribution in [2.45, 2.75) is 26.3 Å². The first-order valence-electron chi connectivity index (χ1n) is 5.36. The summed E-state index contributed by atoms with van der Waals surface area (Å²) in [5.41, 5.74) is 0.312. The molecule has 0 aliphatic rings. The molecule has 0 fully saturated rings. The van der Waals surface area contributed by atoms with Crippen LogP contribution in [0, 0.1) is 6.92 Å². The van der Waals surface area contributed by atoms with Gasteiger partial charge in [-0.05, 0) is 20.8 Å². The highest BCUT2D eigenvalue weighted by Crippen LogP contribution is 2.16. The largest absolute Gasteiger partial charge is 0.343 e. The lowest BCUT2D eigenvalue weighted by Crippen LogP contribution is -2.42. The molecule has 94 valence electrons. The van der Waals surface area contributed by atoms with Crippen LogP contribution in [0.5, 0.6) is 0 Å². The Morgan fingerprint density at radius 3 is 2.78 bits per heavy atom. The van der Waals surface area contributed by atoms with Crippen molar-refractivity contribution in [3.8, 4) is 0 Å². The molecular formula is C11H13N5O2. The molecule has 0 aromatic carbocycles. The number of aryl methyl sites for hydroxylation is 1. The van der Waals surface area contributed by atoms with E-state index < -0.39 is 5.54 Å². The number of hydrogen-bond donors (Lipinski definition) is 1. The summed E-state index contributed by atoms with van der Waals surface area (Å²) in [6.07, 6.45) is 4.10. The Kier molecular flexibility index (Phi) is 3.05. The molecular weight excluding hydrogens is 234 g/mol. The van der Waals surface area contributed by atoms with Gasteiger partial charge in [0.1, 0.15) is 6.33 Å². The van der Waals surface area contributed by atoms with Crippen LogP contribution in [0.3, 0.4) is 0 Å². The van der Waals surface area contributed by atoms with Gasteiger partial charge in [-0.1, -0.05) is 5.16 Å². The molecule has 0 saturated heterocycles. The Labute approximate surface area is 104 Å². The molecule has 2 aromatic rings. The molecule has 2 heterocycles. The maximum Gasteiger partial charge on any atom is 0.255 e. The molecule has 0 saturated carbocycles. The molecule has 2 rings (SSSR count). The van der Waals surface area contributed by atoms with Gasteiger partial charge < -0.3 is 9.84 Å². The number of rotatable bonds is 3. The fourth-order valence-corrected chi connectivity index (χ4v) is 1.47. The van der Waals surface area contributed by atoms with Crippen LogP contribution in [-0.2, 0) is 5.54 Å². The van der Waals surface area contributed by atoms with Crippen molar-refractivity contribution >= 4 is 5.91 Å². The summed E-state index contributed by atoms with van der Waals surface area (Å²) in [6.45, 7) is 5.32. The fraction of sp³-hybridized carbons (Fsp3) is 0.364. The standard InChI is InChI=1S/C11H13N5O2/c1-7-8(4-12-5-13-7)9(17)15-11(2,3)10-14-6-18-16-10/h4-6H,1-3H3,(H,15,17). The zero-order chi connectivity index (χ0) is 13.2. The van der Waals surface area contributed by atoms with E-state index in [-0.39, 0.29) is 5.91 Å². The van der Waals surface area contributed by atoms with Crippen molar-refractivity contribution in [2.75, 3.05) is 0 Å². The van der Waals surface area contributed by atoms with E-state index in [2.05, 4.69) is 29.9 Å². The average molecular weight is 247 g/mol. The quantitative estimate of drug-likeness (QED) is 0.863.